The van der Waals surface area contributed by atoms with Crippen LogP contribution in [0, 0.1) is 0 Å². The van der Waals surface area contributed by atoms with Gasteiger partial charge in [0, 0.05) is 12.4 Å². The van der Waals surface area contributed by atoms with Gasteiger partial charge in [-0.05, 0) is 17.7 Å². The van der Waals surface area contributed by atoms with Crippen LogP contribution in [0.1, 0.15) is 22.0 Å². The van der Waals surface area contributed by atoms with Gasteiger partial charge in [-0.1, -0.05) is 36.4 Å². The summed E-state index contributed by atoms with van der Waals surface area (Å²) in [5.41, 5.74) is 1.55. The van der Waals surface area contributed by atoms with Gasteiger partial charge in [0.15, 0.2) is 0 Å². The molecule has 2 rings (SSSR count). The first-order chi connectivity index (χ1) is 8.81. The number of benzene rings is 1. The van der Waals surface area contributed by atoms with E-state index in [9.17, 15) is 4.79 Å². The van der Waals surface area contributed by atoms with Gasteiger partial charge < -0.3 is 5.32 Å². The minimum absolute atomic E-state index is 0.156. The predicted octanol–water partition coefficient (Wildman–Crippen LogP) is 2.74. The van der Waals surface area contributed by atoms with Gasteiger partial charge in [0.2, 0.25) is 0 Å². The summed E-state index contributed by atoms with van der Waals surface area (Å²) in [6, 6.07) is 13.0. The first kappa shape index (κ1) is 12.0. The van der Waals surface area contributed by atoms with Crippen molar-refractivity contribution in [3.05, 3.63) is 78.6 Å². The van der Waals surface area contributed by atoms with Gasteiger partial charge in [-0.2, -0.15) is 0 Å². The summed E-state index contributed by atoms with van der Waals surface area (Å²) in [5.74, 6) is -0.156. The van der Waals surface area contributed by atoms with E-state index >= 15 is 0 Å². The van der Waals surface area contributed by atoms with Gasteiger partial charge in [-0.15, -0.1) is 6.58 Å². The molecule has 0 saturated carbocycles. The van der Waals surface area contributed by atoms with Crippen LogP contribution in [0.25, 0.3) is 0 Å². The van der Waals surface area contributed by atoms with E-state index in [1.54, 1.807) is 30.6 Å². The van der Waals surface area contributed by atoms with Crippen LogP contribution in [-0.4, -0.2) is 10.9 Å². The molecule has 0 spiro atoms. The van der Waals surface area contributed by atoms with E-state index in [1.165, 1.54) is 0 Å². The molecule has 0 aliphatic carbocycles. The van der Waals surface area contributed by atoms with E-state index < -0.39 is 0 Å². The molecule has 1 atom stereocenters. The van der Waals surface area contributed by atoms with Gasteiger partial charge in [0.1, 0.15) is 0 Å². The number of aromatic nitrogens is 1. The Morgan fingerprint density at radius 2 is 2.00 bits per heavy atom. The zero-order chi connectivity index (χ0) is 12.8. The maximum absolute atomic E-state index is 12.0. The van der Waals surface area contributed by atoms with E-state index in [0.717, 1.165) is 5.56 Å². The number of hydrogen-bond acceptors (Lipinski definition) is 2. The lowest BCUT2D eigenvalue weighted by Crippen LogP contribution is -2.27. The SMILES string of the molecule is C=CC(NC(=O)c1cccnc1)c1ccccc1. The van der Waals surface area contributed by atoms with Gasteiger partial charge in [0.25, 0.3) is 5.91 Å². The zero-order valence-electron chi connectivity index (χ0n) is 9.91. The van der Waals surface area contributed by atoms with E-state index in [-0.39, 0.29) is 11.9 Å². The fourth-order valence-corrected chi connectivity index (χ4v) is 1.66. The maximum Gasteiger partial charge on any atom is 0.253 e. The van der Waals surface area contributed by atoms with Crippen LogP contribution >= 0.6 is 0 Å². The highest BCUT2D eigenvalue weighted by atomic mass is 16.1. The first-order valence-electron chi connectivity index (χ1n) is 5.69. The standard InChI is InChI=1S/C15H14N2O/c1-2-14(12-7-4-3-5-8-12)17-15(18)13-9-6-10-16-11-13/h2-11,14H,1H2,(H,17,18). The highest BCUT2D eigenvalue weighted by Crippen LogP contribution is 2.13. The summed E-state index contributed by atoms with van der Waals surface area (Å²) >= 11 is 0. The van der Waals surface area contributed by atoms with Crippen LogP contribution in [-0.2, 0) is 0 Å². The normalized spacial score (nSPS) is 11.6. The van der Waals surface area contributed by atoms with Crippen molar-refractivity contribution in [3.8, 4) is 0 Å². The molecule has 0 aliphatic rings. The van der Waals surface area contributed by atoms with Crippen molar-refractivity contribution in [1.82, 2.24) is 10.3 Å². The largest absolute Gasteiger partial charge is 0.342 e. The fourth-order valence-electron chi connectivity index (χ4n) is 1.66. The summed E-state index contributed by atoms with van der Waals surface area (Å²) in [5, 5.41) is 2.90. The monoisotopic (exact) mass is 238 g/mol. The lowest BCUT2D eigenvalue weighted by molar-refractivity contribution is 0.0944. The summed E-state index contributed by atoms with van der Waals surface area (Å²) < 4.78 is 0. The molecule has 1 amide bonds. The van der Waals surface area contributed by atoms with Gasteiger partial charge in [-0.25, -0.2) is 0 Å². The van der Waals surface area contributed by atoms with Crippen molar-refractivity contribution in [2.75, 3.05) is 0 Å². The molecule has 0 radical (unpaired) electrons. The lowest BCUT2D eigenvalue weighted by atomic mass is 10.1. The molecule has 1 heterocycles. The number of amides is 1. The maximum atomic E-state index is 12.0. The summed E-state index contributed by atoms with van der Waals surface area (Å²) in [4.78, 5) is 15.9. The number of pyridine rings is 1. The molecular weight excluding hydrogens is 224 g/mol. The highest BCUT2D eigenvalue weighted by Gasteiger charge is 2.12. The Morgan fingerprint density at radius 1 is 1.22 bits per heavy atom. The van der Waals surface area contributed by atoms with Crippen LogP contribution in [0.15, 0.2) is 67.5 Å². The van der Waals surface area contributed by atoms with Gasteiger partial charge in [0.05, 0.1) is 11.6 Å². The third-order valence-electron chi connectivity index (χ3n) is 2.60. The Balaban J connectivity index is 2.13. The number of hydrogen-bond donors (Lipinski definition) is 1. The summed E-state index contributed by atoms with van der Waals surface area (Å²) in [6.07, 6.45) is 4.89. The molecule has 3 nitrogen and oxygen atoms in total. The molecule has 1 N–H and O–H groups in total. The van der Waals surface area contributed by atoms with Crippen LogP contribution in [0.3, 0.4) is 0 Å². The molecule has 0 bridgehead atoms. The molecule has 0 aliphatic heterocycles. The second-order valence-electron chi connectivity index (χ2n) is 3.84. The number of nitrogens with one attached hydrogen (secondary N) is 1. The predicted molar refractivity (Wildman–Crippen MR) is 71.1 cm³/mol. The number of nitrogens with zero attached hydrogens (tertiary/aromatic N) is 1. The van der Waals surface area contributed by atoms with Crippen molar-refractivity contribution in [2.24, 2.45) is 0 Å². The van der Waals surface area contributed by atoms with Crippen molar-refractivity contribution < 1.29 is 4.79 Å². The van der Waals surface area contributed by atoms with Crippen LogP contribution < -0.4 is 5.32 Å². The van der Waals surface area contributed by atoms with Gasteiger partial charge >= 0.3 is 0 Å². The van der Waals surface area contributed by atoms with Crippen molar-refractivity contribution in [1.29, 1.82) is 0 Å². The molecule has 1 aromatic heterocycles. The second-order valence-corrected chi connectivity index (χ2v) is 3.84. The number of carbonyl (C=O) groups excluding carboxylic acids is 1. The molecule has 1 aromatic carbocycles. The van der Waals surface area contributed by atoms with E-state index in [0.29, 0.717) is 5.56 Å². The number of rotatable bonds is 4. The Hall–Kier alpha value is -2.42. The highest BCUT2D eigenvalue weighted by molar-refractivity contribution is 5.94. The average Bonchev–Trinajstić information content (AvgIpc) is 2.46. The average molecular weight is 238 g/mol. The van der Waals surface area contributed by atoms with Crippen molar-refractivity contribution in [3.63, 3.8) is 0 Å². The molecule has 0 saturated heterocycles. The molecule has 1 unspecified atom stereocenters. The molecule has 0 fully saturated rings. The molecule has 18 heavy (non-hydrogen) atoms. The summed E-state index contributed by atoms with van der Waals surface area (Å²) in [7, 11) is 0. The Labute approximate surface area is 106 Å². The zero-order valence-corrected chi connectivity index (χ0v) is 9.91. The second kappa shape index (κ2) is 5.77. The van der Waals surface area contributed by atoms with Crippen molar-refractivity contribution in [2.45, 2.75) is 6.04 Å². The molecule has 3 heteroatoms. The number of carbonyl (C=O) groups is 1. The third kappa shape index (κ3) is 2.83. The minimum atomic E-state index is -0.195. The third-order valence-corrected chi connectivity index (χ3v) is 2.60. The smallest absolute Gasteiger partial charge is 0.253 e. The van der Waals surface area contributed by atoms with Crippen molar-refractivity contribution >= 4 is 5.91 Å². The minimum Gasteiger partial charge on any atom is -0.342 e. The van der Waals surface area contributed by atoms with E-state index in [1.807, 2.05) is 30.3 Å². The molecule has 90 valence electrons. The fraction of sp³-hybridized carbons (Fsp3) is 0.0667. The van der Waals surface area contributed by atoms with Crippen LogP contribution in [0.2, 0.25) is 0 Å². The Bertz CT molecular complexity index is 523. The van der Waals surface area contributed by atoms with E-state index in [4.69, 9.17) is 0 Å². The van der Waals surface area contributed by atoms with E-state index in [2.05, 4.69) is 16.9 Å². The van der Waals surface area contributed by atoms with Gasteiger partial charge in [-0.3, -0.25) is 9.78 Å². The Morgan fingerprint density at radius 3 is 2.61 bits per heavy atom. The Kier molecular flexibility index (Phi) is 3.86. The summed E-state index contributed by atoms with van der Waals surface area (Å²) in [6.45, 7) is 3.75. The van der Waals surface area contributed by atoms with Crippen LogP contribution in [0.4, 0.5) is 0 Å². The van der Waals surface area contributed by atoms with Crippen LogP contribution in [0.5, 0.6) is 0 Å². The molecule has 2 aromatic rings. The topological polar surface area (TPSA) is 42.0 Å². The molecular formula is C15H14N2O. The lowest BCUT2D eigenvalue weighted by Gasteiger charge is -2.15. The quantitative estimate of drug-likeness (QED) is 0.832. The first-order valence-corrected chi connectivity index (χ1v) is 5.69.